The number of carbonyl (C=O) groups is 1. The van der Waals surface area contributed by atoms with Gasteiger partial charge in [-0.15, -0.1) is 0 Å². The van der Waals surface area contributed by atoms with Crippen molar-refractivity contribution in [2.75, 3.05) is 26.2 Å². The number of likely N-dealkylation sites (tertiary alicyclic amines) is 1. The molecule has 4 nitrogen and oxygen atoms in total. The first-order valence-electron chi connectivity index (χ1n) is 5.42. The van der Waals surface area contributed by atoms with Crippen molar-refractivity contribution in [3.63, 3.8) is 0 Å². The third-order valence-corrected chi connectivity index (χ3v) is 3.07. The Morgan fingerprint density at radius 3 is 3.00 bits per heavy atom. The van der Waals surface area contributed by atoms with E-state index in [2.05, 4.69) is 5.32 Å². The van der Waals surface area contributed by atoms with Crippen LogP contribution in [-0.4, -0.2) is 48.2 Å². The van der Waals surface area contributed by atoms with Crippen LogP contribution in [0.2, 0.25) is 0 Å². The van der Waals surface area contributed by atoms with Gasteiger partial charge in [0.05, 0.1) is 12.5 Å². The average Bonchev–Trinajstić information content (AvgIpc) is 2.47. The van der Waals surface area contributed by atoms with Gasteiger partial charge >= 0.3 is 0 Å². The maximum absolute atomic E-state index is 11.4. The highest BCUT2D eigenvalue weighted by atomic mass is 16.3. The molecule has 2 N–H and O–H groups in total. The number of piperidine rings is 1. The molecule has 2 unspecified atom stereocenters. The highest BCUT2D eigenvalue weighted by Gasteiger charge is 2.29. The number of β-amino-alcohol motifs (C(OH)–C–C–N with tert-alkyl or cyclic N) is 1. The molecule has 80 valence electrons. The Kier molecular flexibility index (Phi) is 3.03. The number of hydrogen-bond donors (Lipinski definition) is 2. The van der Waals surface area contributed by atoms with Crippen LogP contribution in [0.25, 0.3) is 0 Å². The van der Waals surface area contributed by atoms with E-state index in [1.165, 1.54) is 12.8 Å². The standard InChI is InChI=1S/C10H18N2O2/c13-9-4-10(14)12(7-9)6-8-2-1-3-11-5-8/h8-9,11,13H,1-7H2. The molecule has 0 aliphatic carbocycles. The molecular formula is C10H18N2O2. The lowest BCUT2D eigenvalue weighted by Crippen LogP contribution is -2.39. The summed E-state index contributed by atoms with van der Waals surface area (Å²) in [5.41, 5.74) is 0. The second kappa shape index (κ2) is 4.28. The van der Waals surface area contributed by atoms with Gasteiger partial charge in [0, 0.05) is 13.1 Å². The molecule has 4 heteroatoms. The van der Waals surface area contributed by atoms with Gasteiger partial charge in [0.2, 0.25) is 5.91 Å². The number of nitrogens with one attached hydrogen (secondary N) is 1. The van der Waals surface area contributed by atoms with E-state index in [1.54, 1.807) is 0 Å². The first kappa shape index (κ1) is 9.93. The largest absolute Gasteiger partial charge is 0.391 e. The van der Waals surface area contributed by atoms with Crippen molar-refractivity contribution in [2.24, 2.45) is 5.92 Å². The molecule has 0 bridgehead atoms. The van der Waals surface area contributed by atoms with Gasteiger partial charge in [-0.2, -0.15) is 0 Å². The molecule has 0 aromatic rings. The van der Waals surface area contributed by atoms with Crippen LogP contribution in [-0.2, 0) is 4.79 Å². The van der Waals surface area contributed by atoms with Crippen LogP contribution >= 0.6 is 0 Å². The van der Waals surface area contributed by atoms with Gasteiger partial charge in [0.1, 0.15) is 0 Å². The van der Waals surface area contributed by atoms with Crippen LogP contribution in [0.5, 0.6) is 0 Å². The van der Waals surface area contributed by atoms with Crippen LogP contribution in [0.1, 0.15) is 19.3 Å². The summed E-state index contributed by atoms with van der Waals surface area (Å²) in [6, 6.07) is 0. The summed E-state index contributed by atoms with van der Waals surface area (Å²) in [7, 11) is 0. The van der Waals surface area contributed by atoms with Gasteiger partial charge in [0.15, 0.2) is 0 Å². The van der Waals surface area contributed by atoms with E-state index in [0.29, 0.717) is 18.9 Å². The summed E-state index contributed by atoms with van der Waals surface area (Å²) in [4.78, 5) is 13.2. The Balaban J connectivity index is 1.81. The summed E-state index contributed by atoms with van der Waals surface area (Å²) in [6.45, 7) is 3.48. The lowest BCUT2D eigenvalue weighted by Gasteiger charge is -2.27. The van der Waals surface area contributed by atoms with Crippen molar-refractivity contribution in [1.29, 1.82) is 0 Å². The molecule has 2 rings (SSSR count). The van der Waals surface area contributed by atoms with E-state index in [0.717, 1.165) is 19.6 Å². The number of hydrogen-bond acceptors (Lipinski definition) is 3. The summed E-state index contributed by atoms with van der Waals surface area (Å²) >= 11 is 0. The lowest BCUT2D eigenvalue weighted by atomic mass is 9.99. The Morgan fingerprint density at radius 2 is 2.43 bits per heavy atom. The minimum atomic E-state index is -0.431. The molecule has 2 aliphatic heterocycles. The Labute approximate surface area is 84.3 Å². The van der Waals surface area contributed by atoms with Crippen molar-refractivity contribution in [1.82, 2.24) is 10.2 Å². The van der Waals surface area contributed by atoms with Gasteiger partial charge in [-0.1, -0.05) is 0 Å². The summed E-state index contributed by atoms with van der Waals surface area (Å²) < 4.78 is 0. The van der Waals surface area contributed by atoms with Crippen LogP contribution in [0, 0.1) is 5.92 Å². The zero-order chi connectivity index (χ0) is 9.97. The minimum Gasteiger partial charge on any atom is -0.391 e. The SMILES string of the molecule is O=C1CC(O)CN1CC1CCCNC1. The molecule has 2 aliphatic rings. The second-order valence-corrected chi connectivity index (χ2v) is 4.37. The molecule has 0 radical (unpaired) electrons. The van der Waals surface area contributed by atoms with E-state index < -0.39 is 6.10 Å². The van der Waals surface area contributed by atoms with Crippen molar-refractivity contribution in [3.05, 3.63) is 0 Å². The third-order valence-electron chi connectivity index (χ3n) is 3.07. The molecule has 14 heavy (non-hydrogen) atoms. The molecule has 0 spiro atoms. The molecule has 0 aromatic heterocycles. The predicted molar refractivity (Wildman–Crippen MR) is 52.8 cm³/mol. The van der Waals surface area contributed by atoms with Crippen molar-refractivity contribution in [2.45, 2.75) is 25.4 Å². The lowest BCUT2D eigenvalue weighted by molar-refractivity contribution is -0.128. The van der Waals surface area contributed by atoms with Crippen LogP contribution in [0.15, 0.2) is 0 Å². The van der Waals surface area contributed by atoms with E-state index in [-0.39, 0.29) is 5.91 Å². The summed E-state index contributed by atoms with van der Waals surface area (Å²) in [5, 5.41) is 12.7. The van der Waals surface area contributed by atoms with E-state index in [9.17, 15) is 9.90 Å². The Morgan fingerprint density at radius 1 is 1.57 bits per heavy atom. The molecular weight excluding hydrogens is 180 g/mol. The van der Waals surface area contributed by atoms with Crippen molar-refractivity contribution >= 4 is 5.91 Å². The first-order chi connectivity index (χ1) is 6.75. The van der Waals surface area contributed by atoms with Gasteiger partial charge in [-0.3, -0.25) is 4.79 Å². The molecule has 2 heterocycles. The van der Waals surface area contributed by atoms with Crippen LogP contribution < -0.4 is 5.32 Å². The topological polar surface area (TPSA) is 52.6 Å². The highest BCUT2D eigenvalue weighted by Crippen LogP contribution is 2.17. The number of aliphatic hydroxyl groups excluding tert-OH is 1. The fourth-order valence-corrected chi connectivity index (χ4v) is 2.32. The zero-order valence-corrected chi connectivity index (χ0v) is 8.41. The van der Waals surface area contributed by atoms with E-state index >= 15 is 0 Å². The normalized spacial score (nSPS) is 33.8. The first-order valence-corrected chi connectivity index (χ1v) is 5.42. The molecule has 0 aromatic carbocycles. The molecule has 2 atom stereocenters. The number of carbonyl (C=O) groups excluding carboxylic acids is 1. The Bertz CT molecular complexity index is 214. The maximum atomic E-state index is 11.4. The number of amides is 1. The molecule has 1 amide bonds. The van der Waals surface area contributed by atoms with Crippen molar-refractivity contribution < 1.29 is 9.90 Å². The number of aliphatic hydroxyl groups is 1. The third kappa shape index (κ3) is 2.25. The van der Waals surface area contributed by atoms with Gasteiger partial charge in [-0.25, -0.2) is 0 Å². The highest BCUT2D eigenvalue weighted by molar-refractivity contribution is 5.79. The van der Waals surface area contributed by atoms with E-state index in [4.69, 9.17) is 0 Å². The monoisotopic (exact) mass is 198 g/mol. The predicted octanol–water partition coefficient (Wildman–Crippen LogP) is -0.421. The van der Waals surface area contributed by atoms with Gasteiger partial charge in [0.25, 0.3) is 0 Å². The van der Waals surface area contributed by atoms with Gasteiger partial charge in [-0.05, 0) is 31.8 Å². The fourth-order valence-electron chi connectivity index (χ4n) is 2.32. The van der Waals surface area contributed by atoms with Gasteiger partial charge < -0.3 is 15.3 Å². The summed E-state index contributed by atoms with van der Waals surface area (Å²) in [5.74, 6) is 0.695. The number of rotatable bonds is 2. The van der Waals surface area contributed by atoms with Crippen LogP contribution in [0.4, 0.5) is 0 Å². The van der Waals surface area contributed by atoms with E-state index in [1.807, 2.05) is 4.90 Å². The summed E-state index contributed by atoms with van der Waals surface area (Å²) in [6.07, 6.45) is 2.29. The van der Waals surface area contributed by atoms with Crippen molar-refractivity contribution in [3.8, 4) is 0 Å². The smallest absolute Gasteiger partial charge is 0.225 e. The molecule has 2 saturated heterocycles. The number of nitrogens with zero attached hydrogens (tertiary/aromatic N) is 1. The second-order valence-electron chi connectivity index (χ2n) is 4.37. The minimum absolute atomic E-state index is 0.114. The zero-order valence-electron chi connectivity index (χ0n) is 8.41. The Hall–Kier alpha value is -0.610. The fraction of sp³-hybridized carbons (Fsp3) is 0.900. The molecule has 2 fully saturated rings. The average molecular weight is 198 g/mol. The van der Waals surface area contributed by atoms with Crippen LogP contribution in [0.3, 0.4) is 0 Å². The maximum Gasteiger partial charge on any atom is 0.225 e. The quantitative estimate of drug-likeness (QED) is 0.633. The molecule has 0 saturated carbocycles.